The summed E-state index contributed by atoms with van der Waals surface area (Å²) < 4.78 is 1.02. The predicted molar refractivity (Wildman–Crippen MR) is 77.8 cm³/mol. The topological polar surface area (TPSA) is 41.1 Å². The van der Waals surface area contributed by atoms with Crippen molar-refractivity contribution in [3.63, 3.8) is 0 Å². The van der Waals surface area contributed by atoms with E-state index in [4.69, 9.17) is 0 Å². The fraction of sp³-hybridized carbons (Fsp3) is 0.500. The summed E-state index contributed by atoms with van der Waals surface area (Å²) >= 11 is 3.48. The van der Waals surface area contributed by atoms with Gasteiger partial charge in [-0.15, -0.1) is 0 Å². The summed E-state index contributed by atoms with van der Waals surface area (Å²) in [6, 6.07) is 5.86. The molecule has 0 spiro atoms. The van der Waals surface area contributed by atoms with Crippen LogP contribution in [-0.2, 0) is 4.79 Å². The van der Waals surface area contributed by atoms with Crippen LogP contribution in [0.25, 0.3) is 0 Å². The van der Waals surface area contributed by atoms with Gasteiger partial charge in [-0.2, -0.15) is 0 Å². The lowest BCUT2D eigenvalue weighted by Crippen LogP contribution is -2.50. The predicted octanol–water partition coefficient (Wildman–Crippen LogP) is 3.23. The van der Waals surface area contributed by atoms with Gasteiger partial charge >= 0.3 is 0 Å². The van der Waals surface area contributed by atoms with Crippen molar-refractivity contribution in [2.45, 2.75) is 38.6 Å². The lowest BCUT2D eigenvalue weighted by molar-refractivity contribution is -0.122. The molecule has 1 unspecified atom stereocenters. The molecule has 3 nitrogen and oxygen atoms in total. The number of hydrogen-bond acceptors (Lipinski definition) is 2. The smallest absolute Gasteiger partial charge is 0.244 e. The van der Waals surface area contributed by atoms with E-state index in [1.165, 1.54) is 0 Å². The highest BCUT2D eigenvalue weighted by Crippen LogP contribution is 2.28. The molecule has 1 heterocycles. The summed E-state index contributed by atoms with van der Waals surface area (Å²) in [7, 11) is 0. The third-order valence-corrected chi connectivity index (χ3v) is 4.66. The lowest BCUT2D eigenvalue weighted by Gasteiger charge is -2.27. The second kappa shape index (κ2) is 5.41. The maximum Gasteiger partial charge on any atom is 0.244 e. The van der Waals surface area contributed by atoms with Gasteiger partial charge in [-0.3, -0.25) is 4.79 Å². The molecule has 2 N–H and O–H groups in total. The number of rotatable bonds is 3. The highest BCUT2D eigenvalue weighted by atomic mass is 79.9. The molecule has 1 fully saturated rings. The van der Waals surface area contributed by atoms with Crippen molar-refractivity contribution in [2.75, 3.05) is 11.9 Å². The zero-order valence-corrected chi connectivity index (χ0v) is 12.4. The molecule has 1 saturated heterocycles. The first-order valence-electron chi connectivity index (χ1n) is 6.40. The summed E-state index contributed by atoms with van der Waals surface area (Å²) in [5, 5.41) is 6.40. The zero-order valence-electron chi connectivity index (χ0n) is 10.8. The molecule has 0 bridgehead atoms. The Balaban J connectivity index is 2.18. The molecule has 1 atom stereocenters. The molecule has 98 valence electrons. The quantitative estimate of drug-likeness (QED) is 0.900. The number of anilines is 1. The molecular weight excluding hydrogens is 292 g/mol. The maximum atomic E-state index is 12.4. The molecule has 1 aromatic rings. The monoisotopic (exact) mass is 310 g/mol. The summed E-state index contributed by atoms with van der Waals surface area (Å²) in [5.74, 6) is 0.0868. The molecule has 1 amide bonds. The van der Waals surface area contributed by atoms with Crippen molar-refractivity contribution >= 4 is 27.5 Å². The minimum atomic E-state index is -0.380. The van der Waals surface area contributed by atoms with Gasteiger partial charge in [-0.05, 0) is 50.4 Å². The number of nitrogens with one attached hydrogen (secondary N) is 2. The number of halogens is 1. The molecule has 1 aromatic carbocycles. The molecule has 0 radical (unpaired) electrons. The number of benzene rings is 1. The first kappa shape index (κ1) is 13.6. The van der Waals surface area contributed by atoms with Crippen molar-refractivity contribution in [3.05, 3.63) is 28.2 Å². The van der Waals surface area contributed by atoms with Crippen molar-refractivity contribution in [3.8, 4) is 0 Å². The number of amides is 1. The fourth-order valence-electron chi connectivity index (χ4n) is 2.45. The third kappa shape index (κ3) is 2.45. The standard InChI is InChI=1S/C14H19BrN2O/c1-3-14(8-5-9-16-14)13(18)17-12-7-4-6-11(15)10(12)2/h4,6-7,16H,3,5,8-9H2,1-2H3,(H,17,18). The highest BCUT2D eigenvalue weighted by molar-refractivity contribution is 9.10. The van der Waals surface area contributed by atoms with E-state index in [-0.39, 0.29) is 11.4 Å². The van der Waals surface area contributed by atoms with Crippen molar-refractivity contribution in [2.24, 2.45) is 0 Å². The SMILES string of the molecule is CCC1(C(=O)Nc2cccc(Br)c2C)CCCN1. The third-order valence-electron chi connectivity index (χ3n) is 3.80. The van der Waals surface area contributed by atoms with Gasteiger partial charge < -0.3 is 10.6 Å². The van der Waals surface area contributed by atoms with E-state index in [1.54, 1.807) is 0 Å². The Morgan fingerprint density at radius 1 is 1.56 bits per heavy atom. The van der Waals surface area contributed by atoms with Crippen LogP contribution >= 0.6 is 15.9 Å². The van der Waals surface area contributed by atoms with Crippen LogP contribution in [0.4, 0.5) is 5.69 Å². The summed E-state index contributed by atoms with van der Waals surface area (Å²) in [5.41, 5.74) is 1.57. The number of hydrogen-bond donors (Lipinski definition) is 2. The molecule has 2 rings (SSSR count). The van der Waals surface area contributed by atoms with E-state index < -0.39 is 0 Å². The molecule has 1 aliphatic heterocycles. The van der Waals surface area contributed by atoms with Crippen LogP contribution < -0.4 is 10.6 Å². The zero-order chi connectivity index (χ0) is 13.2. The van der Waals surface area contributed by atoms with Crippen LogP contribution in [0.2, 0.25) is 0 Å². The Morgan fingerprint density at radius 2 is 2.33 bits per heavy atom. The Kier molecular flexibility index (Phi) is 4.07. The Hall–Kier alpha value is -0.870. The Morgan fingerprint density at radius 3 is 2.94 bits per heavy atom. The minimum Gasteiger partial charge on any atom is -0.324 e. The van der Waals surface area contributed by atoms with E-state index in [0.717, 1.165) is 41.5 Å². The number of carbonyl (C=O) groups excluding carboxylic acids is 1. The van der Waals surface area contributed by atoms with Gasteiger partial charge in [0.15, 0.2) is 0 Å². The van der Waals surface area contributed by atoms with Gasteiger partial charge in [-0.1, -0.05) is 28.9 Å². The van der Waals surface area contributed by atoms with Crippen molar-refractivity contribution in [1.29, 1.82) is 0 Å². The summed E-state index contributed by atoms with van der Waals surface area (Å²) in [6.07, 6.45) is 2.81. The number of carbonyl (C=O) groups is 1. The van der Waals surface area contributed by atoms with Gasteiger partial charge in [0.25, 0.3) is 0 Å². The van der Waals surface area contributed by atoms with E-state index >= 15 is 0 Å². The highest BCUT2D eigenvalue weighted by Gasteiger charge is 2.39. The maximum absolute atomic E-state index is 12.4. The average Bonchev–Trinajstić information content (AvgIpc) is 2.85. The molecule has 1 aliphatic rings. The average molecular weight is 311 g/mol. The largest absolute Gasteiger partial charge is 0.324 e. The van der Waals surface area contributed by atoms with Gasteiger partial charge in [0.1, 0.15) is 0 Å². The van der Waals surface area contributed by atoms with Crippen molar-refractivity contribution in [1.82, 2.24) is 5.32 Å². The van der Waals surface area contributed by atoms with Crippen LogP contribution in [0, 0.1) is 6.92 Å². The molecule has 4 heteroatoms. The van der Waals surface area contributed by atoms with Crippen LogP contribution in [0.3, 0.4) is 0 Å². The fourth-order valence-corrected chi connectivity index (χ4v) is 2.81. The van der Waals surface area contributed by atoms with Gasteiger partial charge in [0.2, 0.25) is 5.91 Å². The van der Waals surface area contributed by atoms with Gasteiger partial charge in [0.05, 0.1) is 5.54 Å². The molecule has 0 aliphatic carbocycles. The van der Waals surface area contributed by atoms with Crippen LogP contribution in [0.15, 0.2) is 22.7 Å². The van der Waals surface area contributed by atoms with Gasteiger partial charge in [0, 0.05) is 10.2 Å². The second-order valence-electron chi connectivity index (χ2n) is 4.83. The molecule has 0 saturated carbocycles. The summed E-state index contributed by atoms with van der Waals surface area (Å²) in [6.45, 7) is 4.99. The van der Waals surface area contributed by atoms with Crippen LogP contribution in [0.5, 0.6) is 0 Å². The second-order valence-corrected chi connectivity index (χ2v) is 5.69. The molecule has 18 heavy (non-hydrogen) atoms. The van der Waals surface area contributed by atoms with Gasteiger partial charge in [-0.25, -0.2) is 0 Å². The Labute approximate surface area is 116 Å². The molecular formula is C14H19BrN2O. The van der Waals surface area contributed by atoms with Crippen molar-refractivity contribution < 1.29 is 4.79 Å². The minimum absolute atomic E-state index is 0.0868. The van der Waals surface area contributed by atoms with Crippen LogP contribution in [-0.4, -0.2) is 18.0 Å². The lowest BCUT2D eigenvalue weighted by atomic mass is 9.93. The van der Waals surface area contributed by atoms with E-state index in [0.29, 0.717) is 0 Å². The Bertz CT molecular complexity index is 453. The normalized spacial score (nSPS) is 23.1. The van der Waals surface area contributed by atoms with E-state index in [2.05, 4.69) is 33.5 Å². The van der Waals surface area contributed by atoms with E-state index in [1.807, 2.05) is 25.1 Å². The first-order valence-corrected chi connectivity index (χ1v) is 7.20. The van der Waals surface area contributed by atoms with E-state index in [9.17, 15) is 4.79 Å². The summed E-state index contributed by atoms with van der Waals surface area (Å²) in [4.78, 5) is 12.4. The van der Waals surface area contributed by atoms with Crippen LogP contribution in [0.1, 0.15) is 31.7 Å². The first-order chi connectivity index (χ1) is 8.59. The molecule has 0 aromatic heterocycles.